The lowest BCUT2D eigenvalue weighted by Gasteiger charge is -2.23. The fourth-order valence-electron chi connectivity index (χ4n) is 2.12. The predicted molar refractivity (Wildman–Crippen MR) is 75.5 cm³/mol. The van der Waals surface area contributed by atoms with Crippen molar-refractivity contribution in [2.24, 2.45) is 0 Å². The molecule has 1 fully saturated rings. The van der Waals surface area contributed by atoms with Gasteiger partial charge in [0.05, 0.1) is 13.0 Å². The molecule has 5 heteroatoms. The Morgan fingerprint density at radius 2 is 2.35 bits per heavy atom. The van der Waals surface area contributed by atoms with Crippen LogP contribution in [0.25, 0.3) is 0 Å². The molecule has 2 rings (SSSR count). The zero-order valence-corrected chi connectivity index (χ0v) is 11.6. The largest absolute Gasteiger partial charge is 0.493 e. The minimum Gasteiger partial charge on any atom is -0.493 e. The summed E-state index contributed by atoms with van der Waals surface area (Å²) in [4.78, 5) is 22.8. The molecule has 0 bridgehead atoms. The number of amides is 2. The maximum atomic E-state index is 11.7. The van der Waals surface area contributed by atoms with Crippen LogP contribution < -0.4 is 15.4 Å². The number of ether oxygens (including phenoxy) is 1. The van der Waals surface area contributed by atoms with Crippen molar-refractivity contribution < 1.29 is 14.3 Å². The standard InChI is InChI=1S/C15H20N2O3/c1-11-3-2-4-13(9-11)20-8-7-15(19)17-12-5-6-14(18)16-10-12/h2-4,9,12H,5-8,10H2,1H3,(H,16,18)(H,17,19). The van der Waals surface area contributed by atoms with E-state index in [2.05, 4.69) is 10.6 Å². The number of carbonyl (C=O) groups is 2. The molecule has 1 aliphatic heterocycles. The summed E-state index contributed by atoms with van der Waals surface area (Å²) in [6.07, 6.45) is 1.50. The first-order valence-electron chi connectivity index (χ1n) is 6.89. The van der Waals surface area contributed by atoms with E-state index >= 15 is 0 Å². The van der Waals surface area contributed by atoms with E-state index in [0.717, 1.165) is 11.3 Å². The summed E-state index contributed by atoms with van der Waals surface area (Å²) >= 11 is 0. The second kappa shape index (κ2) is 6.93. The van der Waals surface area contributed by atoms with Crippen LogP contribution in [0.4, 0.5) is 0 Å². The first-order chi connectivity index (χ1) is 9.63. The van der Waals surface area contributed by atoms with E-state index < -0.39 is 0 Å². The fourth-order valence-corrected chi connectivity index (χ4v) is 2.12. The molecule has 20 heavy (non-hydrogen) atoms. The number of hydrogen-bond donors (Lipinski definition) is 2. The van der Waals surface area contributed by atoms with Gasteiger partial charge in [-0.1, -0.05) is 12.1 Å². The van der Waals surface area contributed by atoms with Gasteiger partial charge in [0.2, 0.25) is 11.8 Å². The molecule has 1 aromatic rings. The first-order valence-corrected chi connectivity index (χ1v) is 6.89. The summed E-state index contributed by atoms with van der Waals surface area (Å²) in [6.45, 7) is 2.87. The lowest BCUT2D eigenvalue weighted by molar-refractivity contribution is -0.125. The van der Waals surface area contributed by atoms with Gasteiger partial charge in [0.1, 0.15) is 5.75 Å². The summed E-state index contributed by atoms with van der Waals surface area (Å²) in [7, 11) is 0. The van der Waals surface area contributed by atoms with Crippen molar-refractivity contribution in [1.29, 1.82) is 0 Å². The molecular formula is C15H20N2O3. The maximum Gasteiger partial charge on any atom is 0.223 e. The van der Waals surface area contributed by atoms with Crippen molar-refractivity contribution in [2.45, 2.75) is 32.2 Å². The van der Waals surface area contributed by atoms with E-state index in [9.17, 15) is 9.59 Å². The monoisotopic (exact) mass is 276 g/mol. The van der Waals surface area contributed by atoms with E-state index in [0.29, 0.717) is 32.4 Å². The molecule has 1 unspecified atom stereocenters. The Bertz CT molecular complexity index is 478. The second-order valence-electron chi connectivity index (χ2n) is 5.02. The Hall–Kier alpha value is -2.04. The zero-order chi connectivity index (χ0) is 14.4. The predicted octanol–water partition coefficient (Wildman–Crippen LogP) is 1.16. The molecule has 0 aromatic heterocycles. The van der Waals surface area contributed by atoms with Crippen molar-refractivity contribution in [3.63, 3.8) is 0 Å². The number of benzene rings is 1. The van der Waals surface area contributed by atoms with Gasteiger partial charge in [0.25, 0.3) is 0 Å². The van der Waals surface area contributed by atoms with Crippen LogP contribution in [0.1, 0.15) is 24.8 Å². The fraction of sp³-hybridized carbons (Fsp3) is 0.467. The Kier molecular flexibility index (Phi) is 4.98. The Morgan fingerprint density at radius 3 is 3.05 bits per heavy atom. The molecule has 5 nitrogen and oxygen atoms in total. The van der Waals surface area contributed by atoms with E-state index in [1.807, 2.05) is 31.2 Å². The normalized spacial score (nSPS) is 18.2. The maximum absolute atomic E-state index is 11.7. The van der Waals surface area contributed by atoms with Gasteiger partial charge in [-0.25, -0.2) is 0 Å². The van der Waals surface area contributed by atoms with E-state index in [1.54, 1.807) is 0 Å². The molecule has 108 valence electrons. The molecule has 2 N–H and O–H groups in total. The van der Waals surface area contributed by atoms with E-state index in [-0.39, 0.29) is 17.9 Å². The molecule has 1 atom stereocenters. The highest BCUT2D eigenvalue weighted by molar-refractivity contribution is 5.79. The highest BCUT2D eigenvalue weighted by Crippen LogP contribution is 2.12. The van der Waals surface area contributed by atoms with Gasteiger partial charge in [-0.05, 0) is 31.0 Å². The first kappa shape index (κ1) is 14.4. The van der Waals surface area contributed by atoms with Crippen LogP contribution in [0.2, 0.25) is 0 Å². The van der Waals surface area contributed by atoms with Gasteiger partial charge in [-0.3, -0.25) is 9.59 Å². The third-order valence-electron chi connectivity index (χ3n) is 3.22. The quantitative estimate of drug-likeness (QED) is 0.848. The number of piperidine rings is 1. The van der Waals surface area contributed by atoms with Gasteiger partial charge in [0.15, 0.2) is 0 Å². The van der Waals surface area contributed by atoms with Crippen LogP contribution in [0.5, 0.6) is 5.75 Å². The molecule has 0 spiro atoms. The van der Waals surface area contributed by atoms with Crippen LogP contribution in [-0.4, -0.2) is 31.0 Å². The molecule has 1 saturated heterocycles. The van der Waals surface area contributed by atoms with Crippen LogP contribution >= 0.6 is 0 Å². The lowest BCUT2D eigenvalue weighted by atomic mass is 10.1. The molecular weight excluding hydrogens is 256 g/mol. The van der Waals surface area contributed by atoms with Crippen molar-refractivity contribution in [1.82, 2.24) is 10.6 Å². The third-order valence-corrected chi connectivity index (χ3v) is 3.22. The smallest absolute Gasteiger partial charge is 0.223 e. The molecule has 0 aliphatic carbocycles. The second-order valence-corrected chi connectivity index (χ2v) is 5.02. The lowest BCUT2D eigenvalue weighted by Crippen LogP contribution is -2.47. The Morgan fingerprint density at radius 1 is 1.50 bits per heavy atom. The van der Waals surface area contributed by atoms with Crippen molar-refractivity contribution in [3.05, 3.63) is 29.8 Å². The van der Waals surface area contributed by atoms with E-state index in [1.165, 1.54) is 0 Å². The van der Waals surface area contributed by atoms with Crippen molar-refractivity contribution in [3.8, 4) is 5.75 Å². The highest BCUT2D eigenvalue weighted by Gasteiger charge is 2.19. The average Bonchev–Trinajstić information content (AvgIpc) is 2.41. The molecule has 1 heterocycles. The summed E-state index contributed by atoms with van der Waals surface area (Å²) in [5.41, 5.74) is 1.13. The molecule has 1 aliphatic rings. The zero-order valence-electron chi connectivity index (χ0n) is 11.6. The summed E-state index contributed by atoms with van der Waals surface area (Å²) < 4.78 is 5.53. The minimum absolute atomic E-state index is 0.0409. The number of aryl methyl sites for hydroxylation is 1. The Labute approximate surface area is 118 Å². The number of hydrogen-bond acceptors (Lipinski definition) is 3. The summed E-state index contributed by atoms with van der Waals surface area (Å²) in [5.74, 6) is 0.791. The van der Waals surface area contributed by atoms with Gasteiger partial charge in [-0.2, -0.15) is 0 Å². The van der Waals surface area contributed by atoms with Crippen molar-refractivity contribution in [2.75, 3.05) is 13.2 Å². The Balaban J connectivity index is 1.66. The summed E-state index contributed by atoms with van der Waals surface area (Å²) in [5, 5.41) is 5.64. The molecule has 2 amide bonds. The van der Waals surface area contributed by atoms with Gasteiger partial charge in [-0.15, -0.1) is 0 Å². The minimum atomic E-state index is -0.0428. The van der Waals surface area contributed by atoms with Gasteiger partial charge < -0.3 is 15.4 Å². The summed E-state index contributed by atoms with van der Waals surface area (Å²) in [6, 6.07) is 7.78. The topological polar surface area (TPSA) is 67.4 Å². The van der Waals surface area contributed by atoms with Crippen LogP contribution in [0, 0.1) is 6.92 Å². The number of carbonyl (C=O) groups excluding carboxylic acids is 2. The number of nitrogens with one attached hydrogen (secondary N) is 2. The van der Waals surface area contributed by atoms with Gasteiger partial charge in [0, 0.05) is 19.0 Å². The SMILES string of the molecule is Cc1cccc(OCCC(=O)NC2CCC(=O)NC2)c1. The van der Waals surface area contributed by atoms with Crippen molar-refractivity contribution >= 4 is 11.8 Å². The van der Waals surface area contributed by atoms with Gasteiger partial charge >= 0.3 is 0 Å². The van der Waals surface area contributed by atoms with Crippen LogP contribution in [0.3, 0.4) is 0 Å². The number of rotatable bonds is 5. The highest BCUT2D eigenvalue weighted by atomic mass is 16.5. The molecule has 1 aromatic carbocycles. The average molecular weight is 276 g/mol. The van der Waals surface area contributed by atoms with Crippen LogP contribution in [0.15, 0.2) is 24.3 Å². The molecule has 0 radical (unpaired) electrons. The van der Waals surface area contributed by atoms with E-state index in [4.69, 9.17) is 4.74 Å². The molecule has 0 saturated carbocycles. The van der Waals surface area contributed by atoms with Crippen LogP contribution in [-0.2, 0) is 9.59 Å². The third kappa shape index (κ3) is 4.57.